The van der Waals surface area contributed by atoms with Crippen LogP contribution in [0, 0.1) is 18.3 Å². The maximum Gasteiger partial charge on any atom is 0.263 e. The molecule has 19 heavy (non-hydrogen) atoms. The first kappa shape index (κ1) is 15.1. The molecule has 5 heteroatoms. The predicted molar refractivity (Wildman–Crippen MR) is 76.8 cm³/mol. The molecular weight excluding hydrogens is 262 g/mol. The quantitative estimate of drug-likeness (QED) is 0.363. The highest BCUT2D eigenvalue weighted by atomic mass is 35.5. The van der Waals surface area contributed by atoms with Crippen molar-refractivity contribution in [3.63, 3.8) is 0 Å². The smallest absolute Gasteiger partial charge is 0.263 e. The molecule has 0 aliphatic carbocycles. The summed E-state index contributed by atoms with van der Waals surface area (Å²) in [5.41, 5.74) is 1.94. The topological polar surface area (TPSA) is 64.9 Å². The Kier molecular flexibility index (Phi) is 6.48. The van der Waals surface area contributed by atoms with Gasteiger partial charge in [0.05, 0.1) is 0 Å². The molecule has 0 unspecified atom stereocenters. The Bertz CT molecular complexity index is 506. The zero-order valence-electron chi connectivity index (χ0n) is 10.7. The van der Waals surface area contributed by atoms with Gasteiger partial charge in [0.25, 0.3) is 5.91 Å². The van der Waals surface area contributed by atoms with Crippen molar-refractivity contribution in [3.05, 3.63) is 41.6 Å². The van der Waals surface area contributed by atoms with Gasteiger partial charge in [-0.25, -0.2) is 0 Å². The van der Waals surface area contributed by atoms with E-state index in [4.69, 9.17) is 16.9 Å². The van der Waals surface area contributed by atoms with Gasteiger partial charge in [-0.1, -0.05) is 18.2 Å². The Balaban J connectivity index is 2.65. The van der Waals surface area contributed by atoms with Gasteiger partial charge in [-0.2, -0.15) is 5.26 Å². The van der Waals surface area contributed by atoms with Crippen LogP contribution in [0.2, 0.25) is 0 Å². The summed E-state index contributed by atoms with van der Waals surface area (Å²) in [5, 5.41) is 14.6. The molecule has 1 aromatic rings. The number of nitrogens with one attached hydrogen (secondary N) is 2. The van der Waals surface area contributed by atoms with Gasteiger partial charge >= 0.3 is 0 Å². The highest BCUT2D eigenvalue weighted by molar-refractivity contribution is 6.17. The van der Waals surface area contributed by atoms with Crippen molar-refractivity contribution in [2.75, 3.05) is 17.7 Å². The van der Waals surface area contributed by atoms with Crippen molar-refractivity contribution in [1.82, 2.24) is 5.32 Å². The largest absolute Gasteiger partial charge is 0.360 e. The number of alkyl halides is 1. The number of carbonyl (C=O) groups excluding carboxylic acids is 1. The van der Waals surface area contributed by atoms with Crippen LogP contribution in [0.1, 0.15) is 12.0 Å². The number of nitriles is 1. The fourth-order valence-corrected chi connectivity index (χ4v) is 1.53. The summed E-state index contributed by atoms with van der Waals surface area (Å²) in [6, 6.07) is 9.51. The van der Waals surface area contributed by atoms with Crippen LogP contribution in [0.3, 0.4) is 0 Å². The monoisotopic (exact) mass is 277 g/mol. The Morgan fingerprint density at radius 2 is 2.21 bits per heavy atom. The summed E-state index contributed by atoms with van der Waals surface area (Å²) in [7, 11) is 0. The van der Waals surface area contributed by atoms with E-state index in [9.17, 15) is 4.79 Å². The number of benzene rings is 1. The van der Waals surface area contributed by atoms with Gasteiger partial charge in [-0.15, -0.1) is 11.6 Å². The number of hydrogen-bond acceptors (Lipinski definition) is 3. The molecule has 0 radical (unpaired) electrons. The van der Waals surface area contributed by atoms with Crippen LogP contribution in [0.25, 0.3) is 0 Å². The fourth-order valence-electron chi connectivity index (χ4n) is 1.40. The molecule has 0 saturated carbocycles. The number of aryl methyl sites for hydroxylation is 1. The van der Waals surface area contributed by atoms with Gasteiger partial charge < -0.3 is 10.6 Å². The normalized spacial score (nSPS) is 10.7. The van der Waals surface area contributed by atoms with Crippen LogP contribution >= 0.6 is 11.6 Å². The van der Waals surface area contributed by atoms with Crippen LogP contribution in [-0.4, -0.2) is 18.3 Å². The first-order valence-corrected chi connectivity index (χ1v) is 6.49. The maximum absolute atomic E-state index is 11.7. The third-order valence-corrected chi connectivity index (χ3v) is 2.75. The Hall–Kier alpha value is -1.99. The zero-order valence-corrected chi connectivity index (χ0v) is 11.5. The van der Waals surface area contributed by atoms with Gasteiger partial charge in [-0.05, 0) is 25.0 Å². The maximum atomic E-state index is 11.7. The molecule has 0 spiro atoms. The van der Waals surface area contributed by atoms with Gasteiger partial charge in [0, 0.05) is 24.3 Å². The highest BCUT2D eigenvalue weighted by Gasteiger charge is 2.07. The van der Waals surface area contributed by atoms with Crippen LogP contribution in [0.4, 0.5) is 5.69 Å². The molecule has 2 N–H and O–H groups in total. The summed E-state index contributed by atoms with van der Waals surface area (Å²) < 4.78 is 0. The molecule has 1 rings (SSSR count). The second-order valence-electron chi connectivity index (χ2n) is 3.93. The summed E-state index contributed by atoms with van der Waals surface area (Å²) in [6.07, 6.45) is 2.09. The number of nitrogens with zero attached hydrogens (tertiary/aromatic N) is 1. The lowest BCUT2D eigenvalue weighted by molar-refractivity contribution is -0.117. The van der Waals surface area contributed by atoms with Gasteiger partial charge in [-0.3, -0.25) is 4.79 Å². The average molecular weight is 278 g/mol. The minimum absolute atomic E-state index is 0.0397. The average Bonchev–Trinajstić information content (AvgIpc) is 2.41. The van der Waals surface area contributed by atoms with E-state index in [2.05, 4.69) is 10.6 Å². The SMILES string of the molecule is Cc1ccccc1N/C=C(/C#N)C(=O)NCCCCl. The number of anilines is 1. The van der Waals surface area contributed by atoms with Gasteiger partial charge in [0.1, 0.15) is 11.6 Å². The molecule has 0 atom stereocenters. The fraction of sp³-hybridized carbons (Fsp3) is 0.286. The molecule has 0 aromatic heterocycles. The molecule has 0 heterocycles. The standard InChI is InChI=1S/C14H16ClN3O/c1-11-5-2-3-6-13(11)18-10-12(9-16)14(19)17-8-4-7-15/h2-3,5-6,10,18H,4,7-8H2,1H3,(H,17,19)/b12-10-. The third kappa shape index (κ3) is 5.02. The van der Waals surface area contributed by atoms with E-state index in [1.165, 1.54) is 6.20 Å². The van der Waals surface area contributed by atoms with E-state index in [1.807, 2.05) is 37.3 Å². The van der Waals surface area contributed by atoms with Crippen LogP contribution in [0.15, 0.2) is 36.0 Å². The van der Waals surface area contributed by atoms with E-state index >= 15 is 0 Å². The van der Waals surface area contributed by atoms with Crippen LogP contribution in [0.5, 0.6) is 0 Å². The zero-order chi connectivity index (χ0) is 14.1. The molecule has 0 fully saturated rings. The lowest BCUT2D eigenvalue weighted by Crippen LogP contribution is -2.26. The Morgan fingerprint density at radius 3 is 2.84 bits per heavy atom. The number of hydrogen-bond donors (Lipinski definition) is 2. The summed E-state index contributed by atoms with van der Waals surface area (Å²) in [4.78, 5) is 11.7. The van der Waals surface area contributed by atoms with E-state index in [-0.39, 0.29) is 5.57 Å². The molecule has 0 aliphatic heterocycles. The highest BCUT2D eigenvalue weighted by Crippen LogP contribution is 2.13. The summed E-state index contributed by atoms with van der Waals surface area (Å²) in [5.74, 6) is 0.0848. The third-order valence-electron chi connectivity index (χ3n) is 2.48. The van der Waals surface area contributed by atoms with Crippen LogP contribution < -0.4 is 10.6 Å². The van der Waals surface area contributed by atoms with E-state index in [0.29, 0.717) is 18.8 Å². The van der Waals surface area contributed by atoms with Gasteiger partial charge in [0.15, 0.2) is 0 Å². The van der Waals surface area contributed by atoms with Crippen molar-refractivity contribution >= 4 is 23.2 Å². The van der Waals surface area contributed by atoms with Crippen molar-refractivity contribution in [3.8, 4) is 6.07 Å². The van der Waals surface area contributed by atoms with Crippen molar-refractivity contribution < 1.29 is 4.79 Å². The first-order valence-electron chi connectivity index (χ1n) is 5.95. The second-order valence-corrected chi connectivity index (χ2v) is 4.31. The van der Waals surface area contributed by atoms with Crippen molar-refractivity contribution in [2.45, 2.75) is 13.3 Å². The van der Waals surface area contributed by atoms with E-state index < -0.39 is 5.91 Å². The molecule has 100 valence electrons. The number of amides is 1. The Morgan fingerprint density at radius 1 is 1.47 bits per heavy atom. The predicted octanol–water partition coefficient (Wildman–Crippen LogP) is 2.56. The lowest BCUT2D eigenvalue weighted by atomic mass is 10.2. The van der Waals surface area contributed by atoms with Crippen molar-refractivity contribution in [1.29, 1.82) is 5.26 Å². The lowest BCUT2D eigenvalue weighted by Gasteiger charge is -2.06. The molecule has 0 bridgehead atoms. The number of carbonyl (C=O) groups is 1. The summed E-state index contributed by atoms with van der Waals surface area (Å²) in [6.45, 7) is 2.41. The molecule has 4 nitrogen and oxygen atoms in total. The molecular formula is C14H16ClN3O. The molecule has 1 aromatic carbocycles. The minimum atomic E-state index is -0.395. The minimum Gasteiger partial charge on any atom is -0.360 e. The second kappa shape index (κ2) is 8.17. The van der Waals surface area contributed by atoms with E-state index in [1.54, 1.807) is 0 Å². The first-order chi connectivity index (χ1) is 9.19. The molecule has 1 amide bonds. The summed E-state index contributed by atoms with van der Waals surface area (Å²) >= 11 is 5.51. The van der Waals surface area contributed by atoms with E-state index in [0.717, 1.165) is 11.3 Å². The molecule has 0 saturated heterocycles. The van der Waals surface area contributed by atoms with Crippen molar-refractivity contribution in [2.24, 2.45) is 0 Å². The Labute approximate surface area is 118 Å². The number of rotatable bonds is 6. The van der Waals surface area contributed by atoms with Crippen LogP contribution in [-0.2, 0) is 4.79 Å². The number of para-hydroxylation sites is 1. The number of halogens is 1. The molecule has 0 aliphatic rings. The van der Waals surface area contributed by atoms with Gasteiger partial charge in [0.2, 0.25) is 0 Å².